The van der Waals surface area contributed by atoms with E-state index in [1.165, 1.54) is 30.5 Å². The Bertz CT molecular complexity index is 1060. The molecule has 28 heavy (non-hydrogen) atoms. The number of pyridine rings is 3. The van der Waals surface area contributed by atoms with E-state index in [2.05, 4.69) is 21.9 Å². The van der Waals surface area contributed by atoms with Gasteiger partial charge in [0.25, 0.3) is 0 Å². The molecule has 142 valence electrons. The highest BCUT2D eigenvalue weighted by atomic mass is 16.4. The van der Waals surface area contributed by atoms with Gasteiger partial charge in [0, 0.05) is 12.4 Å². The van der Waals surface area contributed by atoms with Crippen LogP contribution in [0.4, 0.5) is 0 Å². The molecule has 7 heteroatoms. The van der Waals surface area contributed by atoms with E-state index in [1.54, 1.807) is 6.20 Å². The predicted octanol–water partition coefficient (Wildman–Crippen LogP) is 3.73. The number of hydrogen-bond donors (Lipinski definition) is 2. The van der Waals surface area contributed by atoms with E-state index in [0.717, 1.165) is 24.0 Å². The summed E-state index contributed by atoms with van der Waals surface area (Å²) in [7, 11) is 0. The van der Waals surface area contributed by atoms with E-state index >= 15 is 0 Å². The molecule has 0 aliphatic heterocycles. The molecule has 0 bridgehead atoms. The van der Waals surface area contributed by atoms with Crippen LogP contribution in [0.5, 0.6) is 0 Å². The summed E-state index contributed by atoms with van der Waals surface area (Å²) in [6, 6.07) is 7.48. The first kappa shape index (κ1) is 19.2. The van der Waals surface area contributed by atoms with E-state index < -0.39 is 11.9 Å². The zero-order chi connectivity index (χ0) is 20.3. The van der Waals surface area contributed by atoms with Crippen LogP contribution in [0.1, 0.15) is 45.7 Å². The molecule has 7 nitrogen and oxygen atoms in total. The molecular formula is C21H19N3O4. The fraction of sp³-hybridized carbons (Fsp3) is 0.190. The van der Waals surface area contributed by atoms with Crippen LogP contribution < -0.4 is 0 Å². The molecule has 0 radical (unpaired) electrons. The summed E-state index contributed by atoms with van der Waals surface area (Å²) in [5, 5.41) is 18.7. The van der Waals surface area contributed by atoms with Gasteiger partial charge >= 0.3 is 11.9 Å². The lowest BCUT2D eigenvalue weighted by Crippen LogP contribution is -2.03. The quantitative estimate of drug-likeness (QED) is 0.673. The summed E-state index contributed by atoms with van der Waals surface area (Å²) < 4.78 is 0. The zero-order valence-corrected chi connectivity index (χ0v) is 15.5. The minimum Gasteiger partial charge on any atom is -0.478 e. The van der Waals surface area contributed by atoms with Gasteiger partial charge in [-0.15, -0.1) is 0 Å². The number of rotatable bonds is 6. The highest BCUT2D eigenvalue weighted by Crippen LogP contribution is 2.25. The third kappa shape index (κ3) is 3.88. The second kappa shape index (κ2) is 7.96. The molecule has 0 aliphatic carbocycles. The van der Waals surface area contributed by atoms with Crippen LogP contribution in [0.3, 0.4) is 0 Å². The minimum absolute atomic E-state index is 0.0296. The summed E-state index contributed by atoms with van der Waals surface area (Å²) in [6.07, 6.45) is 4.83. The molecule has 0 aromatic carbocycles. The van der Waals surface area contributed by atoms with Crippen molar-refractivity contribution < 1.29 is 19.8 Å². The lowest BCUT2D eigenvalue weighted by molar-refractivity contribution is 0.0686. The van der Waals surface area contributed by atoms with Gasteiger partial charge in [-0.25, -0.2) is 14.6 Å². The van der Waals surface area contributed by atoms with Crippen molar-refractivity contribution in [2.45, 2.75) is 26.7 Å². The second-order valence-corrected chi connectivity index (χ2v) is 6.21. The number of hydrogen-bond acceptors (Lipinski definition) is 5. The first-order valence-electron chi connectivity index (χ1n) is 8.86. The first-order chi connectivity index (χ1) is 13.4. The van der Waals surface area contributed by atoms with Crippen LogP contribution in [0.25, 0.3) is 22.8 Å². The molecule has 0 saturated carbocycles. The van der Waals surface area contributed by atoms with Crippen LogP contribution in [-0.2, 0) is 12.8 Å². The van der Waals surface area contributed by atoms with Gasteiger partial charge in [0.1, 0.15) is 0 Å². The monoisotopic (exact) mass is 377 g/mol. The molecule has 0 amide bonds. The maximum atomic E-state index is 11.6. The minimum atomic E-state index is -1.11. The van der Waals surface area contributed by atoms with Gasteiger partial charge < -0.3 is 10.2 Å². The van der Waals surface area contributed by atoms with Crippen molar-refractivity contribution in [3.05, 3.63) is 65.0 Å². The number of carboxylic acids is 2. The van der Waals surface area contributed by atoms with Gasteiger partial charge in [-0.1, -0.05) is 13.8 Å². The fourth-order valence-corrected chi connectivity index (χ4v) is 2.93. The number of aryl methyl sites for hydroxylation is 2. The van der Waals surface area contributed by atoms with Crippen molar-refractivity contribution in [2.75, 3.05) is 0 Å². The van der Waals surface area contributed by atoms with E-state index in [0.29, 0.717) is 11.4 Å². The van der Waals surface area contributed by atoms with Crippen LogP contribution in [0.2, 0.25) is 0 Å². The normalized spacial score (nSPS) is 10.6. The third-order valence-corrected chi connectivity index (χ3v) is 4.45. The number of aromatic carboxylic acids is 2. The van der Waals surface area contributed by atoms with Gasteiger partial charge in [-0.3, -0.25) is 9.97 Å². The summed E-state index contributed by atoms with van der Waals surface area (Å²) >= 11 is 0. The lowest BCUT2D eigenvalue weighted by atomic mass is 10.0. The molecule has 0 spiro atoms. The largest absolute Gasteiger partial charge is 0.478 e. The summed E-state index contributed by atoms with van der Waals surface area (Å²) in [6.45, 7) is 4.10. The molecule has 3 heterocycles. The predicted molar refractivity (Wildman–Crippen MR) is 103 cm³/mol. The molecule has 0 fully saturated rings. The Labute approximate surface area is 161 Å². The van der Waals surface area contributed by atoms with Crippen molar-refractivity contribution >= 4 is 11.9 Å². The first-order valence-corrected chi connectivity index (χ1v) is 8.86. The molecule has 0 unspecified atom stereocenters. The van der Waals surface area contributed by atoms with Crippen LogP contribution in [-0.4, -0.2) is 37.1 Å². The maximum Gasteiger partial charge on any atom is 0.335 e. The Morgan fingerprint density at radius 1 is 0.786 bits per heavy atom. The van der Waals surface area contributed by atoms with Gasteiger partial charge in [-0.2, -0.15) is 0 Å². The lowest BCUT2D eigenvalue weighted by Gasteiger charge is -2.10. The van der Waals surface area contributed by atoms with Gasteiger partial charge in [-0.05, 0) is 54.3 Å². The van der Waals surface area contributed by atoms with Crippen LogP contribution >= 0.6 is 0 Å². The topological polar surface area (TPSA) is 113 Å². The average molecular weight is 377 g/mol. The van der Waals surface area contributed by atoms with Crippen molar-refractivity contribution in [1.82, 2.24) is 15.0 Å². The number of aromatic nitrogens is 3. The summed E-state index contributed by atoms with van der Waals surface area (Å²) in [4.78, 5) is 35.9. The molecule has 3 aromatic rings. The Hall–Kier alpha value is -3.61. The van der Waals surface area contributed by atoms with Gasteiger partial charge in [0.05, 0.1) is 33.9 Å². The number of carboxylic acid groups (broad SMARTS) is 2. The van der Waals surface area contributed by atoms with E-state index in [-0.39, 0.29) is 22.5 Å². The zero-order valence-electron chi connectivity index (χ0n) is 15.5. The molecule has 0 atom stereocenters. The standard InChI is InChI=1S/C21H19N3O4/c1-3-12-7-17(23-11-13(12)4-2)19-10-15(21(27)28)9-18(24-19)16-8-14(20(25)26)5-6-22-16/h5-11H,3-4H2,1-2H3,(H,25,26)(H,27,28). The Morgan fingerprint density at radius 3 is 1.93 bits per heavy atom. The highest BCUT2D eigenvalue weighted by molar-refractivity contribution is 5.91. The van der Waals surface area contributed by atoms with E-state index in [1.807, 2.05) is 13.0 Å². The van der Waals surface area contributed by atoms with Crippen molar-refractivity contribution in [3.8, 4) is 22.8 Å². The van der Waals surface area contributed by atoms with E-state index in [9.17, 15) is 19.8 Å². The van der Waals surface area contributed by atoms with Crippen LogP contribution in [0, 0.1) is 0 Å². The Morgan fingerprint density at radius 2 is 1.36 bits per heavy atom. The van der Waals surface area contributed by atoms with Gasteiger partial charge in [0.2, 0.25) is 0 Å². The smallest absolute Gasteiger partial charge is 0.335 e. The molecule has 0 aliphatic rings. The molecule has 3 rings (SSSR count). The third-order valence-electron chi connectivity index (χ3n) is 4.45. The molecular weight excluding hydrogens is 358 g/mol. The Kier molecular flexibility index (Phi) is 5.44. The molecule has 3 aromatic heterocycles. The second-order valence-electron chi connectivity index (χ2n) is 6.21. The molecule has 2 N–H and O–H groups in total. The summed E-state index contributed by atoms with van der Waals surface area (Å²) in [5.74, 6) is -2.21. The fourth-order valence-electron chi connectivity index (χ4n) is 2.93. The van der Waals surface area contributed by atoms with Crippen molar-refractivity contribution in [1.29, 1.82) is 0 Å². The van der Waals surface area contributed by atoms with E-state index in [4.69, 9.17) is 0 Å². The van der Waals surface area contributed by atoms with Crippen LogP contribution in [0.15, 0.2) is 42.7 Å². The number of carbonyl (C=O) groups is 2. The SMILES string of the molecule is CCc1cnc(-c2cc(C(=O)O)cc(-c3cc(C(=O)O)ccn3)n2)cc1CC. The molecule has 0 saturated heterocycles. The summed E-state index contributed by atoms with van der Waals surface area (Å²) in [5.41, 5.74) is 3.86. The van der Waals surface area contributed by atoms with Gasteiger partial charge in [0.15, 0.2) is 0 Å². The maximum absolute atomic E-state index is 11.6. The Balaban J connectivity index is 2.17. The highest BCUT2D eigenvalue weighted by Gasteiger charge is 2.15. The van der Waals surface area contributed by atoms with Crippen molar-refractivity contribution in [3.63, 3.8) is 0 Å². The average Bonchev–Trinajstić information content (AvgIpc) is 2.72. The number of nitrogens with zero attached hydrogens (tertiary/aromatic N) is 3. The van der Waals surface area contributed by atoms with Crippen molar-refractivity contribution in [2.24, 2.45) is 0 Å².